The van der Waals surface area contributed by atoms with Crippen molar-refractivity contribution in [2.24, 2.45) is 0 Å². The van der Waals surface area contributed by atoms with Crippen LogP contribution in [-0.2, 0) is 0 Å². The monoisotopic (exact) mass is 323 g/mol. The van der Waals surface area contributed by atoms with E-state index in [-0.39, 0.29) is 0 Å². The van der Waals surface area contributed by atoms with Crippen LogP contribution >= 0.6 is 0 Å². The maximum atomic E-state index is 6.19. The highest BCUT2D eigenvalue weighted by atomic mass is 16.5. The van der Waals surface area contributed by atoms with Gasteiger partial charge in [0.1, 0.15) is 11.5 Å². The third kappa shape index (κ3) is 2.87. The minimum Gasteiger partial charge on any atom is -0.493 e. The molecule has 24 heavy (non-hydrogen) atoms. The lowest BCUT2D eigenvalue weighted by Gasteiger charge is -2.14. The van der Waals surface area contributed by atoms with E-state index in [9.17, 15) is 0 Å². The van der Waals surface area contributed by atoms with Gasteiger partial charge >= 0.3 is 0 Å². The van der Waals surface area contributed by atoms with E-state index in [0.29, 0.717) is 11.5 Å². The first-order chi connectivity index (χ1) is 11.5. The second kappa shape index (κ2) is 6.40. The molecule has 0 radical (unpaired) electrons. The Hall–Kier alpha value is -2.75. The van der Waals surface area contributed by atoms with Gasteiger partial charge in [0.15, 0.2) is 11.5 Å². The Labute approximate surface area is 142 Å². The van der Waals surface area contributed by atoms with Gasteiger partial charge in [-0.2, -0.15) is 0 Å². The van der Waals surface area contributed by atoms with E-state index < -0.39 is 0 Å². The van der Waals surface area contributed by atoms with Gasteiger partial charge in [-0.15, -0.1) is 0 Å². The molecule has 3 rings (SSSR count). The molecule has 1 aromatic heterocycles. The zero-order chi connectivity index (χ0) is 17.3. The topological polar surface area (TPSA) is 40.6 Å². The number of aromatic nitrogens is 1. The minimum absolute atomic E-state index is 0.650. The Bertz CT molecular complexity index is 903. The van der Waals surface area contributed by atoms with Crippen LogP contribution in [0.15, 0.2) is 36.5 Å². The first-order valence-electron chi connectivity index (χ1n) is 7.80. The first-order valence-corrected chi connectivity index (χ1v) is 7.80. The maximum Gasteiger partial charge on any atom is 0.162 e. The summed E-state index contributed by atoms with van der Waals surface area (Å²) in [5.41, 5.74) is 4.36. The summed E-state index contributed by atoms with van der Waals surface area (Å²) < 4.78 is 16.9. The van der Waals surface area contributed by atoms with Crippen molar-refractivity contribution in [2.75, 3.05) is 14.2 Å². The van der Waals surface area contributed by atoms with Gasteiger partial charge in [-0.1, -0.05) is 6.07 Å². The summed E-state index contributed by atoms with van der Waals surface area (Å²) in [4.78, 5) is 4.41. The number of rotatable bonds is 4. The van der Waals surface area contributed by atoms with Crippen LogP contribution in [0, 0.1) is 20.8 Å². The summed E-state index contributed by atoms with van der Waals surface area (Å²) in [7, 11) is 3.23. The van der Waals surface area contributed by atoms with E-state index in [2.05, 4.69) is 37.9 Å². The Morgan fingerprint density at radius 3 is 2.08 bits per heavy atom. The van der Waals surface area contributed by atoms with Gasteiger partial charge in [-0.3, -0.25) is 4.98 Å². The summed E-state index contributed by atoms with van der Waals surface area (Å²) in [6, 6.07) is 9.82. The average molecular weight is 323 g/mol. The predicted octanol–water partition coefficient (Wildman–Crippen LogP) is 4.97. The molecule has 0 aliphatic carbocycles. The molecule has 1 heterocycles. The summed E-state index contributed by atoms with van der Waals surface area (Å²) in [5, 5.41) is 0.882. The molecule has 4 heteroatoms. The molecule has 0 saturated heterocycles. The quantitative estimate of drug-likeness (QED) is 0.679. The van der Waals surface area contributed by atoms with Crippen molar-refractivity contribution in [1.82, 2.24) is 4.98 Å². The highest BCUT2D eigenvalue weighted by Gasteiger charge is 2.12. The molecule has 0 bridgehead atoms. The molecule has 4 nitrogen and oxygen atoms in total. The van der Waals surface area contributed by atoms with Crippen molar-refractivity contribution in [2.45, 2.75) is 20.8 Å². The van der Waals surface area contributed by atoms with Crippen LogP contribution in [0.25, 0.3) is 10.9 Å². The fraction of sp³-hybridized carbons (Fsp3) is 0.250. The molecule has 3 aromatic rings. The number of methoxy groups -OCH3 is 2. The summed E-state index contributed by atoms with van der Waals surface area (Å²) in [6.07, 6.45) is 1.74. The molecule has 0 aliphatic heterocycles. The Balaban J connectivity index is 2.11. The number of hydrogen-bond acceptors (Lipinski definition) is 4. The molecule has 0 aliphatic rings. The lowest BCUT2D eigenvalue weighted by atomic mass is 10.1. The molecule has 0 saturated carbocycles. The van der Waals surface area contributed by atoms with Gasteiger partial charge in [0.05, 0.1) is 19.7 Å². The number of fused-ring (bicyclic) bond motifs is 1. The fourth-order valence-electron chi connectivity index (χ4n) is 2.70. The lowest BCUT2D eigenvalue weighted by molar-refractivity contribution is 0.355. The van der Waals surface area contributed by atoms with E-state index in [0.717, 1.165) is 28.0 Å². The Morgan fingerprint density at radius 2 is 1.38 bits per heavy atom. The van der Waals surface area contributed by atoms with Crippen LogP contribution in [0.2, 0.25) is 0 Å². The van der Waals surface area contributed by atoms with Crippen LogP contribution in [0.1, 0.15) is 16.7 Å². The molecule has 124 valence electrons. The van der Waals surface area contributed by atoms with Gasteiger partial charge in [-0.25, -0.2) is 0 Å². The second-order valence-corrected chi connectivity index (χ2v) is 5.84. The van der Waals surface area contributed by atoms with E-state index in [4.69, 9.17) is 14.2 Å². The van der Waals surface area contributed by atoms with Gasteiger partial charge in [0.2, 0.25) is 0 Å². The molecule has 0 fully saturated rings. The number of hydrogen-bond donors (Lipinski definition) is 0. The van der Waals surface area contributed by atoms with Crippen LogP contribution in [-0.4, -0.2) is 19.2 Å². The predicted molar refractivity (Wildman–Crippen MR) is 95.6 cm³/mol. The van der Waals surface area contributed by atoms with Crippen LogP contribution < -0.4 is 14.2 Å². The molecular formula is C20H21NO3. The summed E-state index contributed by atoms with van der Waals surface area (Å²) >= 11 is 0. The molecule has 0 spiro atoms. The number of benzene rings is 2. The Kier molecular flexibility index (Phi) is 4.30. The normalized spacial score (nSPS) is 10.7. The number of nitrogens with zero attached hydrogens (tertiary/aromatic N) is 1. The third-order valence-corrected chi connectivity index (χ3v) is 4.22. The number of ether oxygens (including phenoxy) is 3. The summed E-state index contributed by atoms with van der Waals surface area (Å²) in [6.45, 7) is 6.24. The summed E-state index contributed by atoms with van der Waals surface area (Å²) in [5.74, 6) is 2.89. The highest BCUT2D eigenvalue weighted by Crippen LogP contribution is 2.37. The largest absolute Gasteiger partial charge is 0.493 e. The number of pyridine rings is 1. The number of aryl methyl sites for hydroxylation is 3. The van der Waals surface area contributed by atoms with E-state index in [1.54, 1.807) is 20.4 Å². The third-order valence-electron chi connectivity index (χ3n) is 4.22. The van der Waals surface area contributed by atoms with E-state index >= 15 is 0 Å². The zero-order valence-corrected chi connectivity index (χ0v) is 14.6. The first kappa shape index (κ1) is 16.1. The van der Waals surface area contributed by atoms with Crippen LogP contribution in [0.3, 0.4) is 0 Å². The van der Waals surface area contributed by atoms with Crippen molar-refractivity contribution in [3.63, 3.8) is 0 Å². The smallest absolute Gasteiger partial charge is 0.162 e. The second-order valence-electron chi connectivity index (χ2n) is 5.84. The van der Waals surface area contributed by atoms with E-state index in [1.807, 2.05) is 18.2 Å². The zero-order valence-electron chi connectivity index (χ0n) is 14.6. The van der Waals surface area contributed by atoms with Crippen LogP contribution in [0.4, 0.5) is 0 Å². The van der Waals surface area contributed by atoms with Gasteiger partial charge in [0, 0.05) is 17.6 Å². The Morgan fingerprint density at radius 1 is 0.708 bits per heavy atom. The molecule has 0 atom stereocenters. The minimum atomic E-state index is 0.650. The van der Waals surface area contributed by atoms with Crippen molar-refractivity contribution in [1.29, 1.82) is 0 Å². The average Bonchev–Trinajstić information content (AvgIpc) is 2.58. The molecule has 2 aromatic carbocycles. The van der Waals surface area contributed by atoms with Gasteiger partial charge < -0.3 is 14.2 Å². The van der Waals surface area contributed by atoms with Crippen molar-refractivity contribution >= 4 is 10.9 Å². The fourth-order valence-corrected chi connectivity index (χ4v) is 2.70. The molecule has 0 unspecified atom stereocenters. The van der Waals surface area contributed by atoms with Crippen molar-refractivity contribution in [3.8, 4) is 23.0 Å². The van der Waals surface area contributed by atoms with Gasteiger partial charge in [0.25, 0.3) is 0 Å². The van der Waals surface area contributed by atoms with E-state index in [1.165, 1.54) is 11.1 Å². The van der Waals surface area contributed by atoms with Gasteiger partial charge in [-0.05, 0) is 55.7 Å². The van der Waals surface area contributed by atoms with Crippen molar-refractivity contribution in [3.05, 3.63) is 53.2 Å². The molecular weight excluding hydrogens is 302 g/mol. The van der Waals surface area contributed by atoms with Crippen LogP contribution in [0.5, 0.6) is 23.0 Å². The molecule has 0 amide bonds. The van der Waals surface area contributed by atoms with Crippen molar-refractivity contribution < 1.29 is 14.2 Å². The maximum absolute atomic E-state index is 6.19. The lowest BCUT2D eigenvalue weighted by Crippen LogP contribution is -1.95. The molecule has 0 N–H and O–H groups in total. The SMILES string of the molecule is COc1cc2nccc(Oc3cc(C)c(C)cc3C)c2cc1OC. The standard InChI is InChI=1S/C20H21NO3/c1-12-8-14(3)18(9-13(12)2)24-17-6-7-21-16-11-20(23-5)19(22-4)10-15(16)17/h6-11H,1-5H3. The highest BCUT2D eigenvalue weighted by molar-refractivity contribution is 5.88.